The molecule has 0 radical (unpaired) electrons. The first-order valence-electron chi connectivity index (χ1n) is 16.3. The molecule has 9 heteroatoms. The number of carbonyl (C=O) groups excluding carboxylic acids is 1. The fourth-order valence-corrected chi connectivity index (χ4v) is 6.32. The van der Waals surface area contributed by atoms with Crippen molar-refractivity contribution in [2.45, 2.75) is 58.5 Å². The molecule has 2 N–H and O–H groups in total. The number of para-hydroxylation sites is 1. The number of esters is 1. The minimum atomic E-state index is -0.207. The minimum Gasteiger partial charge on any atom is -0.469 e. The van der Waals surface area contributed by atoms with Crippen LogP contribution in [0.25, 0.3) is 21.9 Å². The molecule has 0 atom stereocenters. The van der Waals surface area contributed by atoms with Crippen molar-refractivity contribution >= 4 is 33.7 Å². The molecule has 0 spiro atoms. The number of likely N-dealkylation sites (N-methyl/N-ethyl adjacent to an activating group) is 1. The molecule has 1 fully saturated rings. The molecule has 0 amide bonds. The van der Waals surface area contributed by atoms with Crippen molar-refractivity contribution in [1.29, 1.82) is 0 Å². The number of nitrogen functional groups attached to an aromatic ring is 1. The molecule has 44 heavy (non-hydrogen) atoms. The number of imidazole rings is 1. The van der Waals surface area contributed by atoms with Crippen LogP contribution in [0.2, 0.25) is 0 Å². The number of carbonyl (C=O) groups is 1. The first-order chi connectivity index (χ1) is 21.4. The topological polar surface area (TPSA) is 92.8 Å². The molecule has 0 aliphatic carbocycles. The number of piperazine rings is 1. The molecular weight excluding hydrogens is 550 g/mol. The zero-order valence-corrected chi connectivity index (χ0v) is 26.8. The zero-order chi connectivity index (χ0) is 30.9. The summed E-state index contributed by atoms with van der Waals surface area (Å²) in [5, 5.41) is 1.11. The average molecular weight is 600 g/mol. The monoisotopic (exact) mass is 599 g/mol. The van der Waals surface area contributed by atoms with Crippen molar-refractivity contribution < 1.29 is 9.53 Å². The number of benzene rings is 2. The summed E-state index contributed by atoms with van der Waals surface area (Å²) >= 11 is 0. The lowest BCUT2D eigenvalue weighted by Crippen LogP contribution is -2.45. The first-order valence-corrected chi connectivity index (χ1v) is 16.3. The van der Waals surface area contributed by atoms with E-state index in [-0.39, 0.29) is 5.97 Å². The van der Waals surface area contributed by atoms with Gasteiger partial charge in [0.1, 0.15) is 11.3 Å². The van der Waals surface area contributed by atoms with E-state index in [0.717, 1.165) is 124 Å². The highest BCUT2D eigenvalue weighted by Crippen LogP contribution is 2.29. The summed E-state index contributed by atoms with van der Waals surface area (Å²) in [5.74, 6) is 1.40. The number of nitrogens with zero attached hydrogens (tertiary/aromatic N) is 6. The van der Waals surface area contributed by atoms with Gasteiger partial charge in [-0.1, -0.05) is 55.8 Å². The van der Waals surface area contributed by atoms with E-state index in [9.17, 15) is 4.79 Å². The quantitative estimate of drug-likeness (QED) is 0.196. The highest BCUT2D eigenvalue weighted by atomic mass is 16.5. The van der Waals surface area contributed by atoms with Crippen molar-refractivity contribution in [2.24, 2.45) is 0 Å². The van der Waals surface area contributed by atoms with Gasteiger partial charge in [-0.15, -0.1) is 0 Å². The highest BCUT2D eigenvalue weighted by Gasteiger charge is 2.18. The lowest BCUT2D eigenvalue weighted by molar-refractivity contribution is -0.139. The summed E-state index contributed by atoms with van der Waals surface area (Å²) in [4.78, 5) is 29.2. The number of aromatic nitrogens is 3. The van der Waals surface area contributed by atoms with Gasteiger partial charge >= 0.3 is 5.97 Å². The lowest BCUT2D eigenvalue weighted by Gasteiger charge is -2.33. The number of aryl methyl sites for hydroxylation is 2. The molecular formula is C35H49N7O2. The summed E-state index contributed by atoms with van der Waals surface area (Å²) in [6.07, 6.45) is 5.57. The standard InChI is InChI=1S/C35H49N7O2/c1-4-5-15-31-38-33-34(29-13-6-7-14-30(29)37-35(33)36)42(31)19-10-18-41(17-9-16-40-22-20-39(2)21-23-40)26-28-12-8-11-27(24-28)25-32(43)44-3/h6-8,11-14,24H,4-5,9-10,15-23,25-26H2,1-3H3,(H2,36,37). The Labute approximate surface area is 262 Å². The summed E-state index contributed by atoms with van der Waals surface area (Å²) in [7, 11) is 3.65. The predicted molar refractivity (Wildman–Crippen MR) is 179 cm³/mol. The van der Waals surface area contributed by atoms with Crippen LogP contribution in [0.3, 0.4) is 0 Å². The molecule has 5 rings (SSSR count). The Morgan fingerprint density at radius 1 is 0.955 bits per heavy atom. The molecule has 0 unspecified atom stereocenters. The van der Waals surface area contributed by atoms with Crippen LogP contribution < -0.4 is 5.73 Å². The number of fused-ring (bicyclic) bond motifs is 3. The summed E-state index contributed by atoms with van der Waals surface area (Å²) in [6, 6.07) is 16.6. The molecule has 236 valence electrons. The molecule has 2 aromatic carbocycles. The van der Waals surface area contributed by atoms with E-state index in [1.54, 1.807) is 0 Å². The SMILES string of the molecule is CCCCc1nc2c(N)nc3ccccc3c2n1CCCN(CCCN1CCN(C)CC1)Cc1cccc(CC(=O)OC)c1. The molecule has 9 nitrogen and oxygen atoms in total. The van der Waals surface area contributed by atoms with Gasteiger partial charge in [0.05, 0.1) is 24.6 Å². The van der Waals surface area contributed by atoms with E-state index in [1.165, 1.54) is 12.7 Å². The van der Waals surface area contributed by atoms with Gasteiger partial charge in [-0.3, -0.25) is 9.69 Å². The Morgan fingerprint density at radius 2 is 1.70 bits per heavy atom. The molecule has 2 aromatic heterocycles. The maximum absolute atomic E-state index is 11.9. The van der Waals surface area contributed by atoms with Gasteiger partial charge in [-0.25, -0.2) is 9.97 Å². The van der Waals surface area contributed by atoms with Gasteiger partial charge in [-0.2, -0.15) is 0 Å². The highest BCUT2D eigenvalue weighted by molar-refractivity contribution is 6.06. The third-order valence-corrected chi connectivity index (χ3v) is 8.82. The second kappa shape index (κ2) is 15.5. The van der Waals surface area contributed by atoms with Gasteiger partial charge in [-0.05, 0) is 56.6 Å². The smallest absolute Gasteiger partial charge is 0.309 e. The van der Waals surface area contributed by atoms with Crippen LogP contribution in [0.15, 0.2) is 48.5 Å². The van der Waals surface area contributed by atoms with E-state index in [4.69, 9.17) is 15.5 Å². The van der Waals surface area contributed by atoms with Gasteiger partial charge in [0.2, 0.25) is 0 Å². The van der Waals surface area contributed by atoms with E-state index in [0.29, 0.717) is 12.2 Å². The van der Waals surface area contributed by atoms with Crippen molar-refractivity contribution in [3.63, 3.8) is 0 Å². The second-order valence-electron chi connectivity index (χ2n) is 12.2. The Morgan fingerprint density at radius 3 is 2.48 bits per heavy atom. The molecule has 1 aliphatic heterocycles. The number of methoxy groups -OCH3 is 1. The lowest BCUT2D eigenvalue weighted by atomic mass is 10.1. The van der Waals surface area contributed by atoms with E-state index in [1.807, 2.05) is 18.2 Å². The Hall–Kier alpha value is -3.53. The Kier molecular flexibility index (Phi) is 11.2. The molecule has 0 bridgehead atoms. The van der Waals surface area contributed by atoms with Crippen LogP contribution in [0, 0.1) is 0 Å². The summed E-state index contributed by atoms with van der Waals surface area (Å²) in [6.45, 7) is 11.6. The average Bonchev–Trinajstić information content (AvgIpc) is 3.40. The van der Waals surface area contributed by atoms with Crippen LogP contribution in [-0.4, -0.2) is 95.2 Å². The second-order valence-corrected chi connectivity index (χ2v) is 12.2. The van der Waals surface area contributed by atoms with Gasteiger partial charge in [0, 0.05) is 57.6 Å². The summed E-state index contributed by atoms with van der Waals surface area (Å²) < 4.78 is 7.31. The molecule has 1 saturated heterocycles. The molecule has 4 aromatic rings. The number of ether oxygens (including phenoxy) is 1. The van der Waals surface area contributed by atoms with E-state index in [2.05, 4.69) is 68.6 Å². The van der Waals surface area contributed by atoms with Crippen molar-refractivity contribution in [3.05, 3.63) is 65.5 Å². The van der Waals surface area contributed by atoms with E-state index >= 15 is 0 Å². The number of rotatable bonds is 15. The molecule has 1 aliphatic rings. The minimum absolute atomic E-state index is 0.207. The number of pyridine rings is 1. The zero-order valence-electron chi connectivity index (χ0n) is 26.8. The van der Waals surface area contributed by atoms with E-state index < -0.39 is 0 Å². The number of hydrogen-bond donors (Lipinski definition) is 1. The van der Waals surface area contributed by atoms with Crippen LogP contribution in [0.1, 0.15) is 49.6 Å². The largest absolute Gasteiger partial charge is 0.469 e. The molecule has 0 saturated carbocycles. The maximum atomic E-state index is 11.9. The fraction of sp³-hybridized carbons (Fsp3) is 0.514. The molecule has 3 heterocycles. The Bertz CT molecular complexity index is 1530. The van der Waals surface area contributed by atoms with Gasteiger partial charge in [0.25, 0.3) is 0 Å². The van der Waals surface area contributed by atoms with Crippen molar-refractivity contribution in [1.82, 2.24) is 29.2 Å². The Balaban J connectivity index is 1.33. The normalized spacial score (nSPS) is 14.6. The van der Waals surface area contributed by atoms with Gasteiger partial charge in [0.15, 0.2) is 5.82 Å². The fourth-order valence-electron chi connectivity index (χ4n) is 6.32. The third kappa shape index (κ3) is 8.14. The van der Waals surface area contributed by atoms with Crippen LogP contribution in [0.4, 0.5) is 5.82 Å². The van der Waals surface area contributed by atoms with Crippen molar-refractivity contribution in [2.75, 3.05) is 65.7 Å². The number of hydrogen-bond acceptors (Lipinski definition) is 8. The van der Waals surface area contributed by atoms with Gasteiger partial charge < -0.3 is 24.8 Å². The van der Waals surface area contributed by atoms with Crippen LogP contribution >= 0.6 is 0 Å². The number of nitrogens with two attached hydrogens (primary N) is 1. The van der Waals surface area contributed by atoms with Crippen molar-refractivity contribution in [3.8, 4) is 0 Å². The van der Waals surface area contributed by atoms with Crippen LogP contribution in [-0.2, 0) is 35.5 Å². The summed E-state index contributed by atoms with van der Waals surface area (Å²) in [5.41, 5.74) is 11.5. The number of anilines is 1. The third-order valence-electron chi connectivity index (χ3n) is 8.82. The number of unbranched alkanes of at least 4 members (excludes halogenated alkanes) is 1. The van der Waals surface area contributed by atoms with Crippen LogP contribution in [0.5, 0.6) is 0 Å². The first kappa shape index (κ1) is 31.9. The predicted octanol–water partition coefficient (Wildman–Crippen LogP) is 4.75. The maximum Gasteiger partial charge on any atom is 0.309 e.